The van der Waals surface area contributed by atoms with Crippen LogP contribution in [0.4, 0.5) is 5.69 Å². The monoisotopic (exact) mass is 325 g/mol. The van der Waals surface area contributed by atoms with Gasteiger partial charge in [0.2, 0.25) is 0 Å². The molecule has 1 fully saturated rings. The summed E-state index contributed by atoms with van der Waals surface area (Å²) in [5.74, 6) is 0. The Morgan fingerprint density at radius 2 is 1.71 bits per heavy atom. The van der Waals surface area contributed by atoms with Crippen LogP contribution < -0.4 is 10.6 Å². The van der Waals surface area contributed by atoms with Crippen LogP contribution in [0.15, 0.2) is 54.6 Å². The van der Waals surface area contributed by atoms with Gasteiger partial charge in [0.05, 0.1) is 0 Å². The first kappa shape index (κ1) is 17.0. The number of hydrogen-bond acceptors (Lipinski definition) is 4. The quantitative estimate of drug-likeness (QED) is 0.732. The van der Waals surface area contributed by atoms with Crippen molar-refractivity contribution in [3.63, 3.8) is 0 Å². The van der Waals surface area contributed by atoms with Crippen molar-refractivity contribution in [3.05, 3.63) is 65.7 Å². The van der Waals surface area contributed by atoms with Gasteiger partial charge in [-0.1, -0.05) is 42.5 Å². The number of nitrogens with zero attached hydrogens (tertiary/aromatic N) is 1. The number of rotatable bonds is 7. The highest BCUT2D eigenvalue weighted by molar-refractivity contribution is 5.45. The molecular formula is C20H27N3O. The minimum absolute atomic E-state index is 0.225. The molecule has 1 atom stereocenters. The molecule has 3 rings (SSSR count). The van der Waals surface area contributed by atoms with E-state index in [1.165, 1.54) is 11.1 Å². The van der Waals surface area contributed by atoms with Gasteiger partial charge in [-0.3, -0.25) is 4.90 Å². The molecular weight excluding hydrogens is 298 g/mol. The summed E-state index contributed by atoms with van der Waals surface area (Å²) >= 11 is 0. The molecule has 0 saturated carbocycles. The molecule has 1 aliphatic heterocycles. The minimum atomic E-state index is 0.225. The Balaban J connectivity index is 1.63. The van der Waals surface area contributed by atoms with E-state index in [2.05, 4.69) is 64.1 Å². The lowest BCUT2D eigenvalue weighted by molar-refractivity contribution is 0.141. The van der Waals surface area contributed by atoms with Crippen molar-refractivity contribution in [1.29, 1.82) is 0 Å². The molecule has 0 aliphatic carbocycles. The minimum Gasteiger partial charge on any atom is -0.396 e. The molecule has 4 heteroatoms. The van der Waals surface area contributed by atoms with Crippen LogP contribution in [-0.2, 0) is 6.54 Å². The number of hydrogen-bond donors (Lipinski definition) is 3. The molecule has 0 unspecified atom stereocenters. The molecule has 1 heterocycles. The second-order valence-electron chi connectivity index (χ2n) is 6.28. The largest absolute Gasteiger partial charge is 0.396 e. The molecule has 24 heavy (non-hydrogen) atoms. The Bertz CT molecular complexity index is 594. The molecule has 0 radical (unpaired) electrons. The summed E-state index contributed by atoms with van der Waals surface area (Å²) in [6.45, 7) is 5.19. The fourth-order valence-electron chi connectivity index (χ4n) is 3.30. The number of benzene rings is 2. The highest BCUT2D eigenvalue weighted by Gasteiger charge is 2.21. The van der Waals surface area contributed by atoms with E-state index in [0.29, 0.717) is 6.04 Å². The third-order valence-electron chi connectivity index (χ3n) is 4.63. The van der Waals surface area contributed by atoms with E-state index < -0.39 is 0 Å². The van der Waals surface area contributed by atoms with Crippen LogP contribution in [0, 0.1) is 0 Å². The van der Waals surface area contributed by atoms with Gasteiger partial charge in [0.15, 0.2) is 0 Å². The van der Waals surface area contributed by atoms with Gasteiger partial charge in [0, 0.05) is 51.1 Å². The third-order valence-corrected chi connectivity index (χ3v) is 4.63. The molecule has 4 nitrogen and oxygen atoms in total. The molecule has 3 N–H and O–H groups in total. The average Bonchev–Trinajstić information content (AvgIpc) is 2.66. The van der Waals surface area contributed by atoms with Crippen molar-refractivity contribution in [2.45, 2.75) is 19.0 Å². The van der Waals surface area contributed by atoms with Gasteiger partial charge in [0.25, 0.3) is 0 Å². The summed E-state index contributed by atoms with van der Waals surface area (Å²) < 4.78 is 0. The maximum Gasteiger partial charge on any atom is 0.0449 e. The van der Waals surface area contributed by atoms with Gasteiger partial charge in [-0.15, -0.1) is 0 Å². The Labute approximate surface area is 144 Å². The van der Waals surface area contributed by atoms with Gasteiger partial charge in [0.1, 0.15) is 0 Å². The van der Waals surface area contributed by atoms with Gasteiger partial charge in [-0.05, 0) is 29.7 Å². The smallest absolute Gasteiger partial charge is 0.0449 e. The van der Waals surface area contributed by atoms with Crippen molar-refractivity contribution in [3.8, 4) is 0 Å². The predicted octanol–water partition coefficient (Wildman–Crippen LogP) is 2.63. The first-order valence-electron chi connectivity index (χ1n) is 8.80. The summed E-state index contributed by atoms with van der Waals surface area (Å²) in [6, 6.07) is 19.4. The summed E-state index contributed by atoms with van der Waals surface area (Å²) in [5.41, 5.74) is 3.70. The maximum absolute atomic E-state index is 9.44. The first-order valence-corrected chi connectivity index (χ1v) is 8.80. The molecule has 2 aromatic carbocycles. The Morgan fingerprint density at radius 3 is 2.38 bits per heavy atom. The highest BCUT2D eigenvalue weighted by Crippen LogP contribution is 2.26. The number of anilines is 1. The predicted molar refractivity (Wildman–Crippen MR) is 99.1 cm³/mol. The molecule has 128 valence electrons. The lowest BCUT2D eigenvalue weighted by Gasteiger charge is -2.35. The van der Waals surface area contributed by atoms with E-state index in [-0.39, 0.29) is 6.61 Å². The first-order chi connectivity index (χ1) is 11.9. The Morgan fingerprint density at radius 1 is 1.00 bits per heavy atom. The van der Waals surface area contributed by atoms with Crippen LogP contribution in [0.3, 0.4) is 0 Å². The molecule has 1 aliphatic rings. The third kappa shape index (κ3) is 4.57. The lowest BCUT2D eigenvalue weighted by Crippen LogP contribution is -2.45. The van der Waals surface area contributed by atoms with Crippen LogP contribution in [0.25, 0.3) is 0 Å². The van der Waals surface area contributed by atoms with Crippen LogP contribution in [0.2, 0.25) is 0 Å². The second-order valence-corrected chi connectivity index (χ2v) is 6.28. The maximum atomic E-state index is 9.44. The van der Waals surface area contributed by atoms with Gasteiger partial charge in [-0.2, -0.15) is 0 Å². The Kier molecular flexibility index (Phi) is 6.24. The Hall–Kier alpha value is -1.88. The van der Waals surface area contributed by atoms with Gasteiger partial charge < -0.3 is 15.7 Å². The summed E-state index contributed by atoms with van der Waals surface area (Å²) in [5, 5.41) is 16.3. The van der Waals surface area contributed by atoms with E-state index in [1.807, 2.05) is 6.07 Å². The van der Waals surface area contributed by atoms with Crippen molar-refractivity contribution in [2.75, 3.05) is 38.1 Å². The summed E-state index contributed by atoms with van der Waals surface area (Å²) in [4.78, 5) is 2.47. The van der Waals surface area contributed by atoms with Crippen molar-refractivity contribution >= 4 is 5.69 Å². The van der Waals surface area contributed by atoms with Crippen molar-refractivity contribution in [2.24, 2.45) is 0 Å². The molecule has 2 aromatic rings. The van der Waals surface area contributed by atoms with E-state index >= 15 is 0 Å². The van der Waals surface area contributed by atoms with E-state index in [4.69, 9.17) is 0 Å². The normalized spacial score (nSPS) is 16.7. The van der Waals surface area contributed by atoms with Crippen molar-refractivity contribution in [1.82, 2.24) is 10.2 Å². The molecule has 1 saturated heterocycles. The summed E-state index contributed by atoms with van der Waals surface area (Å²) in [6.07, 6.45) is 0.788. The molecule has 0 amide bonds. The van der Waals surface area contributed by atoms with Crippen molar-refractivity contribution < 1.29 is 5.11 Å². The number of aliphatic hydroxyl groups is 1. The standard InChI is InChI=1S/C20H27N3O/c24-15-10-20(23-13-11-21-12-14-23)18-6-8-19(9-7-18)22-16-17-4-2-1-3-5-17/h1-9,20-22,24H,10-16H2/t20-/m1/s1. The van der Waals surface area contributed by atoms with Crippen LogP contribution in [0.5, 0.6) is 0 Å². The number of nitrogens with one attached hydrogen (secondary N) is 2. The van der Waals surface area contributed by atoms with E-state index in [9.17, 15) is 5.11 Å². The molecule has 0 aromatic heterocycles. The van der Waals surface area contributed by atoms with Gasteiger partial charge in [-0.25, -0.2) is 0 Å². The fourth-order valence-corrected chi connectivity index (χ4v) is 3.30. The van der Waals surface area contributed by atoms with E-state index in [1.54, 1.807) is 0 Å². The van der Waals surface area contributed by atoms with E-state index in [0.717, 1.165) is 44.8 Å². The van der Waals surface area contributed by atoms with Crippen LogP contribution >= 0.6 is 0 Å². The summed E-state index contributed by atoms with van der Waals surface area (Å²) in [7, 11) is 0. The fraction of sp³-hybridized carbons (Fsp3) is 0.400. The van der Waals surface area contributed by atoms with Crippen LogP contribution in [-0.4, -0.2) is 42.8 Å². The van der Waals surface area contributed by atoms with Crippen LogP contribution in [0.1, 0.15) is 23.6 Å². The molecule has 0 bridgehead atoms. The zero-order valence-electron chi connectivity index (χ0n) is 14.1. The number of piperazine rings is 1. The molecule has 0 spiro atoms. The number of aliphatic hydroxyl groups excluding tert-OH is 1. The lowest BCUT2D eigenvalue weighted by atomic mass is 10.0. The second kappa shape index (κ2) is 8.83. The SMILES string of the molecule is OCC[C@H](c1ccc(NCc2ccccc2)cc1)N1CCNCC1. The van der Waals surface area contributed by atoms with Gasteiger partial charge >= 0.3 is 0 Å². The zero-order chi connectivity index (χ0) is 16.6. The topological polar surface area (TPSA) is 47.5 Å². The highest BCUT2D eigenvalue weighted by atomic mass is 16.3. The average molecular weight is 325 g/mol. The zero-order valence-corrected chi connectivity index (χ0v) is 14.1.